The van der Waals surface area contributed by atoms with Crippen LogP contribution in [-0.4, -0.2) is 14.5 Å². The fourth-order valence-electron chi connectivity index (χ4n) is 6.31. The first-order valence-corrected chi connectivity index (χ1v) is 13.5. The van der Waals surface area contributed by atoms with E-state index in [4.69, 9.17) is 16.8 Å². The molecule has 0 saturated carbocycles. The third-order valence-electron chi connectivity index (χ3n) is 8.03. The predicted octanol–water partition coefficient (Wildman–Crippen LogP) is 9.71. The van der Waals surface area contributed by atoms with Gasteiger partial charge in [0.2, 0.25) is 0 Å². The predicted molar refractivity (Wildman–Crippen MR) is 169 cm³/mol. The van der Waals surface area contributed by atoms with Gasteiger partial charge in [-0.05, 0) is 52.7 Å². The van der Waals surface area contributed by atoms with Crippen LogP contribution in [0.3, 0.4) is 0 Å². The Labute approximate surface area is 244 Å². The molecule has 2 aromatic heterocycles. The third kappa shape index (κ3) is 3.20. The van der Waals surface area contributed by atoms with Crippen molar-refractivity contribution in [2.75, 3.05) is 0 Å². The van der Waals surface area contributed by atoms with E-state index in [9.17, 15) is 0 Å². The molecule has 41 heavy (non-hydrogen) atoms. The van der Waals surface area contributed by atoms with Gasteiger partial charge < -0.3 is 4.57 Å². The standard InChI is InChI=1S/C38H23N3/c1-2-10-25(11-3-1)36-28-14-4-6-18-32(28)39-38(40-36)26-20-22-27(23-21-26)41-33-19-7-5-15-29(33)35-30-16-8-12-24-13-9-17-31(34(24)30)37(35)41/h1-23H/i1D,2D,3D,10D,11D. The Kier molecular flexibility index (Phi) is 3.71. The second-order valence-corrected chi connectivity index (χ2v) is 10.2. The minimum absolute atomic E-state index is 0.0607. The van der Waals surface area contributed by atoms with Crippen LogP contribution in [0, 0.1) is 0 Å². The Balaban J connectivity index is 1.23. The van der Waals surface area contributed by atoms with Crippen molar-refractivity contribution in [1.82, 2.24) is 14.5 Å². The topological polar surface area (TPSA) is 30.7 Å². The summed E-state index contributed by atoms with van der Waals surface area (Å²) >= 11 is 0. The molecule has 0 amide bonds. The molecular formula is C38H23N3. The summed E-state index contributed by atoms with van der Waals surface area (Å²) in [5.41, 5.74) is 8.74. The molecule has 0 N–H and O–H groups in total. The van der Waals surface area contributed by atoms with Gasteiger partial charge in [-0.15, -0.1) is 0 Å². The summed E-state index contributed by atoms with van der Waals surface area (Å²) in [6.07, 6.45) is 0. The zero-order valence-corrected chi connectivity index (χ0v) is 21.7. The first kappa shape index (κ1) is 17.9. The van der Waals surface area contributed by atoms with Gasteiger partial charge in [-0.2, -0.15) is 0 Å². The minimum atomic E-state index is -0.434. The van der Waals surface area contributed by atoms with Gasteiger partial charge in [0.25, 0.3) is 0 Å². The quantitative estimate of drug-likeness (QED) is 0.229. The summed E-state index contributed by atoms with van der Waals surface area (Å²) in [7, 11) is 0. The van der Waals surface area contributed by atoms with Gasteiger partial charge in [-0.25, -0.2) is 9.97 Å². The molecule has 2 heterocycles. The number of benzene rings is 6. The van der Waals surface area contributed by atoms with Crippen molar-refractivity contribution in [2.24, 2.45) is 0 Å². The fraction of sp³-hybridized carbons (Fsp3) is 0. The largest absolute Gasteiger partial charge is 0.309 e. The Morgan fingerprint density at radius 3 is 2.15 bits per heavy atom. The second kappa shape index (κ2) is 8.48. The summed E-state index contributed by atoms with van der Waals surface area (Å²) in [5, 5.41) is 4.31. The van der Waals surface area contributed by atoms with E-state index in [2.05, 4.69) is 77.4 Å². The van der Waals surface area contributed by atoms with Crippen molar-refractivity contribution >= 4 is 32.6 Å². The van der Waals surface area contributed by atoms with E-state index in [0.717, 1.165) is 16.8 Å². The molecule has 0 atom stereocenters. The highest BCUT2D eigenvalue weighted by atomic mass is 15.0. The maximum absolute atomic E-state index is 8.61. The molecule has 0 fully saturated rings. The normalized spacial score (nSPS) is 13.6. The van der Waals surface area contributed by atoms with Crippen molar-refractivity contribution in [3.05, 3.63) is 139 Å². The smallest absolute Gasteiger partial charge is 0.160 e. The van der Waals surface area contributed by atoms with Crippen molar-refractivity contribution in [3.8, 4) is 50.7 Å². The number of hydrogen-bond acceptors (Lipinski definition) is 2. The van der Waals surface area contributed by atoms with Gasteiger partial charge in [0, 0.05) is 38.7 Å². The number of aromatic nitrogens is 3. The molecule has 0 saturated heterocycles. The van der Waals surface area contributed by atoms with Crippen LogP contribution in [-0.2, 0) is 0 Å². The Morgan fingerprint density at radius 2 is 1.32 bits per heavy atom. The average molecular weight is 527 g/mol. The fourth-order valence-corrected chi connectivity index (χ4v) is 6.31. The monoisotopic (exact) mass is 526 g/mol. The third-order valence-corrected chi connectivity index (χ3v) is 8.03. The Bertz CT molecular complexity index is 2550. The summed E-state index contributed by atoms with van der Waals surface area (Å²) in [6.45, 7) is 0. The van der Waals surface area contributed by atoms with Crippen molar-refractivity contribution in [3.63, 3.8) is 0 Å². The van der Waals surface area contributed by atoms with E-state index in [1.165, 1.54) is 38.5 Å². The van der Waals surface area contributed by atoms with Crippen molar-refractivity contribution in [2.45, 2.75) is 0 Å². The molecular weight excluding hydrogens is 498 g/mol. The number of hydrogen-bond donors (Lipinski definition) is 0. The van der Waals surface area contributed by atoms with E-state index in [-0.39, 0.29) is 17.6 Å². The molecule has 0 spiro atoms. The minimum Gasteiger partial charge on any atom is -0.309 e. The summed E-state index contributed by atoms with van der Waals surface area (Å²) in [6, 6.07) is 35.1. The molecule has 190 valence electrons. The maximum atomic E-state index is 8.61. The van der Waals surface area contributed by atoms with E-state index < -0.39 is 18.1 Å². The molecule has 8 aromatic rings. The highest BCUT2D eigenvalue weighted by Crippen LogP contribution is 2.52. The van der Waals surface area contributed by atoms with Crippen LogP contribution in [0.4, 0.5) is 0 Å². The Morgan fingerprint density at radius 1 is 0.585 bits per heavy atom. The summed E-state index contributed by atoms with van der Waals surface area (Å²) in [4.78, 5) is 9.68. The Hall–Kier alpha value is -5.54. The number of fused-ring (bicyclic) bond motifs is 6. The molecule has 1 aliphatic rings. The van der Waals surface area contributed by atoms with Crippen LogP contribution < -0.4 is 0 Å². The number of nitrogens with zero attached hydrogens (tertiary/aromatic N) is 3. The van der Waals surface area contributed by atoms with Crippen molar-refractivity contribution < 1.29 is 6.85 Å². The molecule has 0 aliphatic heterocycles. The van der Waals surface area contributed by atoms with Crippen LogP contribution >= 0.6 is 0 Å². The molecule has 0 radical (unpaired) electrons. The van der Waals surface area contributed by atoms with E-state index in [1.54, 1.807) is 0 Å². The highest BCUT2D eigenvalue weighted by molar-refractivity contribution is 6.21. The van der Waals surface area contributed by atoms with Gasteiger partial charge >= 0.3 is 0 Å². The first-order chi connectivity index (χ1) is 22.4. The molecule has 0 bridgehead atoms. The van der Waals surface area contributed by atoms with Crippen LogP contribution in [0.1, 0.15) is 6.85 Å². The number of rotatable bonds is 3. The van der Waals surface area contributed by atoms with Crippen LogP contribution in [0.5, 0.6) is 0 Å². The molecule has 1 aliphatic carbocycles. The lowest BCUT2D eigenvalue weighted by atomic mass is 10.0. The highest BCUT2D eigenvalue weighted by Gasteiger charge is 2.29. The van der Waals surface area contributed by atoms with Gasteiger partial charge in [-0.1, -0.05) is 103 Å². The lowest BCUT2D eigenvalue weighted by molar-refractivity contribution is 1.14. The van der Waals surface area contributed by atoms with Crippen LogP contribution in [0.25, 0.3) is 83.3 Å². The first-order valence-electron chi connectivity index (χ1n) is 16.0. The zero-order chi connectivity index (χ0) is 31.3. The van der Waals surface area contributed by atoms with Gasteiger partial charge in [0.15, 0.2) is 5.82 Å². The molecule has 6 aromatic carbocycles. The van der Waals surface area contributed by atoms with E-state index >= 15 is 0 Å². The summed E-state index contributed by atoms with van der Waals surface area (Å²) in [5.74, 6) is 0.409. The van der Waals surface area contributed by atoms with Gasteiger partial charge in [0.05, 0.1) is 29.3 Å². The lowest BCUT2D eigenvalue weighted by Crippen LogP contribution is -1.98. The molecule has 3 nitrogen and oxygen atoms in total. The SMILES string of the molecule is [2H]c1c([2H])c([2H])c(-c2nc(-c3ccc(-n4c5c(c6ccccc64)-c4cccc6cccc-5c46)cc3)nc3ccccc23)c([2H])c1[2H]. The molecule has 3 heteroatoms. The summed E-state index contributed by atoms with van der Waals surface area (Å²) < 4.78 is 44.1. The molecule has 9 rings (SSSR count). The zero-order valence-electron chi connectivity index (χ0n) is 26.7. The van der Waals surface area contributed by atoms with E-state index in [0.29, 0.717) is 22.4 Å². The molecule has 0 unspecified atom stereocenters. The van der Waals surface area contributed by atoms with E-state index in [1.807, 2.05) is 36.4 Å². The van der Waals surface area contributed by atoms with Crippen LogP contribution in [0.15, 0.2) is 139 Å². The van der Waals surface area contributed by atoms with Crippen molar-refractivity contribution in [1.29, 1.82) is 0 Å². The maximum Gasteiger partial charge on any atom is 0.160 e. The lowest BCUT2D eigenvalue weighted by Gasteiger charge is -2.13. The van der Waals surface area contributed by atoms with Crippen LogP contribution in [0.2, 0.25) is 0 Å². The van der Waals surface area contributed by atoms with Gasteiger partial charge in [0.1, 0.15) is 0 Å². The average Bonchev–Trinajstić information content (AvgIpc) is 3.61. The van der Waals surface area contributed by atoms with Gasteiger partial charge in [-0.3, -0.25) is 0 Å². The number of para-hydroxylation sites is 2. The second-order valence-electron chi connectivity index (χ2n) is 10.2.